The Bertz CT molecular complexity index is 615. The summed E-state index contributed by atoms with van der Waals surface area (Å²) in [5.41, 5.74) is 2.95. The van der Waals surface area contributed by atoms with Crippen LogP contribution in [0.15, 0.2) is 35.8 Å². The fourth-order valence-corrected chi connectivity index (χ4v) is 2.50. The topological polar surface area (TPSA) is 12.9 Å². The maximum atomic E-state index is 5.93. The average molecular weight is 220 g/mol. The second-order valence-electron chi connectivity index (χ2n) is 3.13. The van der Waals surface area contributed by atoms with Gasteiger partial charge in [0.2, 0.25) is 0 Å². The van der Waals surface area contributed by atoms with Crippen LogP contribution in [0, 0.1) is 0 Å². The van der Waals surface area contributed by atoms with Crippen LogP contribution in [-0.2, 0) is 0 Å². The molecule has 0 N–H and O–H groups in total. The predicted octanol–water partition coefficient (Wildman–Crippen LogP) is 4.10. The van der Waals surface area contributed by atoms with E-state index in [4.69, 9.17) is 11.6 Å². The van der Waals surface area contributed by atoms with Gasteiger partial charge in [-0.05, 0) is 23.6 Å². The molecule has 68 valence electrons. The molecule has 1 aromatic heterocycles. The third-order valence-electron chi connectivity index (χ3n) is 2.28. The molecule has 0 aliphatic rings. The summed E-state index contributed by atoms with van der Waals surface area (Å²) < 4.78 is 1.22. The minimum atomic E-state index is 0.770. The van der Waals surface area contributed by atoms with E-state index in [9.17, 15) is 0 Å². The zero-order valence-electron chi connectivity index (χ0n) is 7.20. The van der Waals surface area contributed by atoms with Gasteiger partial charge in [0.25, 0.3) is 0 Å². The summed E-state index contributed by atoms with van der Waals surface area (Å²) in [7, 11) is 0. The molecule has 3 rings (SSSR count). The van der Waals surface area contributed by atoms with E-state index in [2.05, 4.69) is 17.1 Å². The number of hydrogen-bond acceptors (Lipinski definition) is 2. The van der Waals surface area contributed by atoms with Gasteiger partial charge < -0.3 is 0 Å². The van der Waals surface area contributed by atoms with Gasteiger partial charge in [0.15, 0.2) is 0 Å². The molecule has 0 bridgehead atoms. The molecule has 14 heavy (non-hydrogen) atoms. The van der Waals surface area contributed by atoms with Crippen LogP contribution in [0.5, 0.6) is 0 Å². The molecule has 3 aromatic rings. The Kier molecular flexibility index (Phi) is 1.72. The average Bonchev–Trinajstić information content (AvgIpc) is 2.65. The number of fused-ring (bicyclic) bond motifs is 3. The van der Waals surface area contributed by atoms with Gasteiger partial charge in [-0.2, -0.15) is 0 Å². The van der Waals surface area contributed by atoms with Crippen molar-refractivity contribution in [3.63, 3.8) is 0 Å². The summed E-state index contributed by atoms with van der Waals surface area (Å²) in [4.78, 5) is 4.35. The van der Waals surface area contributed by atoms with Gasteiger partial charge in [-0.15, -0.1) is 11.3 Å². The number of aromatic nitrogens is 1. The highest BCUT2D eigenvalue weighted by atomic mass is 35.5. The molecule has 0 unspecified atom stereocenters. The second kappa shape index (κ2) is 2.94. The molecule has 0 amide bonds. The Morgan fingerprint density at radius 3 is 3.00 bits per heavy atom. The van der Waals surface area contributed by atoms with Gasteiger partial charge in [0, 0.05) is 10.4 Å². The lowest BCUT2D eigenvalue weighted by Gasteiger charge is -1.98. The van der Waals surface area contributed by atoms with Crippen molar-refractivity contribution >= 4 is 43.9 Å². The van der Waals surface area contributed by atoms with Gasteiger partial charge in [-0.25, -0.2) is 4.98 Å². The minimum absolute atomic E-state index is 0.770. The molecule has 0 aliphatic heterocycles. The van der Waals surface area contributed by atoms with Crippen LogP contribution in [-0.4, -0.2) is 4.98 Å². The van der Waals surface area contributed by atoms with E-state index in [1.165, 1.54) is 10.1 Å². The van der Waals surface area contributed by atoms with E-state index < -0.39 is 0 Å². The van der Waals surface area contributed by atoms with Crippen molar-refractivity contribution in [2.75, 3.05) is 0 Å². The SMILES string of the molecule is Clc1ccc2c(ccc3scnc32)c1. The number of rotatable bonds is 0. The van der Waals surface area contributed by atoms with Crippen LogP contribution in [0.3, 0.4) is 0 Å². The highest BCUT2D eigenvalue weighted by molar-refractivity contribution is 7.16. The van der Waals surface area contributed by atoms with Gasteiger partial charge in [0.05, 0.1) is 15.7 Å². The van der Waals surface area contributed by atoms with Crippen LogP contribution >= 0.6 is 22.9 Å². The third kappa shape index (κ3) is 1.11. The molecule has 0 spiro atoms. The maximum Gasteiger partial charge on any atom is 0.0890 e. The number of nitrogens with zero attached hydrogens (tertiary/aromatic N) is 1. The molecule has 0 atom stereocenters. The molecule has 3 heteroatoms. The molecule has 0 saturated heterocycles. The Morgan fingerprint density at radius 2 is 2.07 bits per heavy atom. The van der Waals surface area contributed by atoms with Crippen LogP contribution in [0.4, 0.5) is 0 Å². The molecule has 0 saturated carbocycles. The number of thiazole rings is 1. The lowest BCUT2D eigenvalue weighted by Crippen LogP contribution is -1.74. The Balaban J connectivity index is 2.57. The maximum absolute atomic E-state index is 5.93. The fraction of sp³-hybridized carbons (Fsp3) is 0. The molecule has 1 nitrogen and oxygen atoms in total. The summed E-state index contributed by atoms with van der Waals surface area (Å²) in [5, 5.41) is 3.09. The first-order chi connectivity index (χ1) is 6.84. The standard InChI is InChI=1S/C11H6ClNS/c12-8-2-3-9-7(5-8)1-4-10-11(9)13-6-14-10/h1-6H. The van der Waals surface area contributed by atoms with Crippen molar-refractivity contribution < 1.29 is 0 Å². The van der Waals surface area contributed by atoms with Gasteiger partial charge in [-0.1, -0.05) is 23.7 Å². The van der Waals surface area contributed by atoms with Crippen LogP contribution in [0.25, 0.3) is 21.0 Å². The molecular formula is C11H6ClNS. The highest BCUT2D eigenvalue weighted by Gasteiger charge is 2.02. The summed E-state index contributed by atoms with van der Waals surface area (Å²) >= 11 is 7.59. The van der Waals surface area contributed by atoms with E-state index in [0.717, 1.165) is 15.9 Å². The van der Waals surface area contributed by atoms with Crippen LogP contribution in [0.1, 0.15) is 0 Å². The normalized spacial score (nSPS) is 11.2. The molecule has 0 fully saturated rings. The zero-order chi connectivity index (χ0) is 9.54. The van der Waals surface area contributed by atoms with E-state index in [0.29, 0.717) is 0 Å². The molecule has 0 radical (unpaired) electrons. The molecule has 2 aromatic carbocycles. The van der Waals surface area contributed by atoms with Crippen molar-refractivity contribution in [3.8, 4) is 0 Å². The Morgan fingerprint density at radius 1 is 1.14 bits per heavy atom. The number of benzene rings is 2. The Labute approximate surface area is 90.0 Å². The van der Waals surface area contributed by atoms with Crippen LogP contribution in [0.2, 0.25) is 5.02 Å². The summed E-state index contributed by atoms with van der Waals surface area (Å²) in [5.74, 6) is 0. The van der Waals surface area contributed by atoms with Gasteiger partial charge in [-0.3, -0.25) is 0 Å². The lowest BCUT2D eigenvalue weighted by molar-refractivity contribution is 1.52. The van der Waals surface area contributed by atoms with E-state index in [1.807, 2.05) is 23.7 Å². The van der Waals surface area contributed by atoms with Gasteiger partial charge in [0.1, 0.15) is 0 Å². The summed E-state index contributed by atoms with van der Waals surface area (Å²) in [6.45, 7) is 0. The lowest BCUT2D eigenvalue weighted by atomic mass is 10.1. The first kappa shape index (κ1) is 8.21. The second-order valence-corrected chi connectivity index (χ2v) is 4.45. The molecular weight excluding hydrogens is 214 g/mol. The first-order valence-electron chi connectivity index (χ1n) is 4.26. The number of halogens is 1. The largest absolute Gasteiger partial charge is 0.244 e. The third-order valence-corrected chi connectivity index (χ3v) is 3.31. The number of hydrogen-bond donors (Lipinski definition) is 0. The van der Waals surface area contributed by atoms with Crippen molar-refractivity contribution in [2.45, 2.75) is 0 Å². The van der Waals surface area contributed by atoms with Crippen molar-refractivity contribution in [1.29, 1.82) is 0 Å². The smallest absolute Gasteiger partial charge is 0.0890 e. The monoisotopic (exact) mass is 219 g/mol. The van der Waals surface area contributed by atoms with E-state index in [1.54, 1.807) is 11.3 Å². The zero-order valence-corrected chi connectivity index (χ0v) is 8.77. The first-order valence-corrected chi connectivity index (χ1v) is 5.52. The van der Waals surface area contributed by atoms with Crippen molar-refractivity contribution in [1.82, 2.24) is 4.98 Å². The van der Waals surface area contributed by atoms with Gasteiger partial charge >= 0.3 is 0 Å². The summed E-state index contributed by atoms with van der Waals surface area (Å²) in [6, 6.07) is 10.1. The molecule has 1 heterocycles. The van der Waals surface area contributed by atoms with Crippen molar-refractivity contribution in [2.24, 2.45) is 0 Å². The quantitative estimate of drug-likeness (QED) is 0.555. The minimum Gasteiger partial charge on any atom is -0.244 e. The van der Waals surface area contributed by atoms with E-state index in [-0.39, 0.29) is 0 Å². The highest BCUT2D eigenvalue weighted by Crippen LogP contribution is 2.28. The predicted molar refractivity (Wildman–Crippen MR) is 62.1 cm³/mol. The van der Waals surface area contributed by atoms with Crippen LogP contribution < -0.4 is 0 Å². The van der Waals surface area contributed by atoms with E-state index >= 15 is 0 Å². The fourth-order valence-electron chi connectivity index (χ4n) is 1.63. The van der Waals surface area contributed by atoms with Crippen molar-refractivity contribution in [3.05, 3.63) is 40.9 Å². The summed E-state index contributed by atoms with van der Waals surface area (Å²) in [6.07, 6.45) is 0. The molecule has 0 aliphatic carbocycles. The Hall–Kier alpha value is -1.12.